The van der Waals surface area contributed by atoms with Gasteiger partial charge in [0, 0.05) is 13.1 Å². The highest BCUT2D eigenvalue weighted by molar-refractivity contribution is 5.79. The molecule has 0 saturated carbocycles. The molecule has 6 nitrogen and oxygen atoms in total. The van der Waals surface area contributed by atoms with Gasteiger partial charge in [-0.25, -0.2) is 14.2 Å². The van der Waals surface area contributed by atoms with Gasteiger partial charge < -0.3 is 19.5 Å². The van der Waals surface area contributed by atoms with Gasteiger partial charge in [0.15, 0.2) is 0 Å². The summed E-state index contributed by atoms with van der Waals surface area (Å²) in [5.41, 5.74) is 2.42. The Hall–Kier alpha value is -3.09. The first-order valence-electron chi connectivity index (χ1n) is 10.2. The van der Waals surface area contributed by atoms with Crippen LogP contribution in [0.15, 0.2) is 48.5 Å². The first-order chi connectivity index (χ1) is 14.3. The monoisotopic (exact) mass is 410 g/mol. The quantitative estimate of drug-likeness (QED) is 0.696. The zero-order valence-electron chi connectivity index (χ0n) is 17.6. The van der Waals surface area contributed by atoms with Crippen molar-refractivity contribution in [2.75, 3.05) is 18.0 Å². The van der Waals surface area contributed by atoms with Crippen LogP contribution >= 0.6 is 0 Å². The number of benzene rings is 2. The van der Waals surface area contributed by atoms with Crippen LogP contribution in [0.1, 0.15) is 32.8 Å². The molecule has 1 aliphatic heterocycles. The van der Waals surface area contributed by atoms with E-state index in [-0.39, 0.29) is 11.9 Å². The van der Waals surface area contributed by atoms with E-state index < -0.39 is 11.7 Å². The average molecular weight is 410 g/mol. The number of hydrogen-bond acceptors (Lipinski definition) is 4. The fourth-order valence-electron chi connectivity index (χ4n) is 3.77. The van der Waals surface area contributed by atoms with Gasteiger partial charge in [-0.05, 0) is 57.0 Å². The molecule has 1 fully saturated rings. The predicted molar refractivity (Wildman–Crippen MR) is 115 cm³/mol. The largest absolute Gasteiger partial charge is 0.444 e. The number of para-hydroxylation sites is 2. The van der Waals surface area contributed by atoms with Crippen LogP contribution in [0.25, 0.3) is 11.0 Å². The van der Waals surface area contributed by atoms with Gasteiger partial charge in [-0.2, -0.15) is 0 Å². The number of alkyl carbamates (subject to hydrolysis) is 1. The number of aromatic nitrogens is 2. The van der Waals surface area contributed by atoms with Crippen molar-refractivity contribution in [3.8, 4) is 0 Å². The second-order valence-corrected chi connectivity index (χ2v) is 8.69. The highest BCUT2D eigenvalue weighted by atomic mass is 19.1. The van der Waals surface area contributed by atoms with E-state index >= 15 is 0 Å². The molecule has 2 aromatic carbocycles. The maximum atomic E-state index is 13.3. The summed E-state index contributed by atoms with van der Waals surface area (Å²) in [6, 6.07) is 14.5. The lowest BCUT2D eigenvalue weighted by molar-refractivity contribution is 0.0509. The lowest BCUT2D eigenvalue weighted by Crippen LogP contribution is -2.40. The second kappa shape index (κ2) is 7.97. The Morgan fingerprint density at radius 2 is 1.93 bits per heavy atom. The number of ether oxygens (including phenoxy) is 1. The van der Waals surface area contributed by atoms with E-state index in [2.05, 4.69) is 14.8 Å². The molecule has 3 aromatic rings. The Kier molecular flexibility index (Phi) is 5.37. The predicted octanol–water partition coefficient (Wildman–Crippen LogP) is 4.33. The molecule has 4 rings (SSSR count). The molecule has 0 bridgehead atoms. The number of rotatable bonds is 4. The Morgan fingerprint density at radius 1 is 1.20 bits per heavy atom. The maximum Gasteiger partial charge on any atom is 0.407 e. The Labute approximate surface area is 175 Å². The number of hydrogen-bond donors (Lipinski definition) is 1. The first kappa shape index (κ1) is 20.2. The van der Waals surface area contributed by atoms with E-state index in [1.807, 2.05) is 45.0 Å². The molecule has 158 valence electrons. The maximum absolute atomic E-state index is 13.3. The van der Waals surface area contributed by atoms with Gasteiger partial charge in [-0.15, -0.1) is 0 Å². The van der Waals surface area contributed by atoms with Crippen LogP contribution in [0.4, 0.5) is 15.1 Å². The molecule has 0 unspecified atom stereocenters. The molecule has 0 spiro atoms. The van der Waals surface area contributed by atoms with Gasteiger partial charge >= 0.3 is 6.09 Å². The zero-order chi connectivity index (χ0) is 21.3. The van der Waals surface area contributed by atoms with Crippen LogP contribution in [-0.2, 0) is 11.3 Å². The minimum atomic E-state index is -0.522. The molecular formula is C23H27FN4O2. The lowest BCUT2D eigenvalue weighted by Gasteiger charge is -2.22. The summed E-state index contributed by atoms with van der Waals surface area (Å²) in [7, 11) is 0. The number of amides is 1. The Morgan fingerprint density at radius 3 is 2.67 bits per heavy atom. The molecule has 7 heteroatoms. The number of nitrogens with zero attached hydrogens (tertiary/aromatic N) is 3. The van der Waals surface area contributed by atoms with Crippen LogP contribution in [0.2, 0.25) is 0 Å². The number of carbonyl (C=O) groups excluding carboxylic acids is 1. The smallest absolute Gasteiger partial charge is 0.407 e. The molecule has 30 heavy (non-hydrogen) atoms. The van der Waals surface area contributed by atoms with Crippen molar-refractivity contribution in [2.24, 2.45) is 0 Å². The molecule has 0 radical (unpaired) electrons. The number of imidazole rings is 1. The number of nitrogens with one attached hydrogen (secondary N) is 1. The van der Waals surface area contributed by atoms with Crippen molar-refractivity contribution in [1.29, 1.82) is 0 Å². The van der Waals surface area contributed by atoms with Gasteiger partial charge in [0.2, 0.25) is 5.95 Å². The van der Waals surface area contributed by atoms with Crippen molar-refractivity contribution < 1.29 is 13.9 Å². The van der Waals surface area contributed by atoms with E-state index in [1.54, 1.807) is 12.1 Å². The zero-order valence-corrected chi connectivity index (χ0v) is 17.6. The summed E-state index contributed by atoms with van der Waals surface area (Å²) in [6.45, 7) is 7.60. The van der Waals surface area contributed by atoms with Crippen LogP contribution < -0.4 is 10.2 Å². The van der Waals surface area contributed by atoms with Gasteiger partial charge in [-0.3, -0.25) is 0 Å². The van der Waals surface area contributed by atoms with Gasteiger partial charge in [0.1, 0.15) is 11.4 Å². The fraction of sp³-hybridized carbons (Fsp3) is 0.391. The van der Waals surface area contributed by atoms with Crippen molar-refractivity contribution in [1.82, 2.24) is 14.9 Å². The summed E-state index contributed by atoms with van der Waals surface area (Å²) >= 11 is 0. The van der Waals surface area contributed by atoms with Crippen LogP contribution in [0.5, 0.6) is 0 Å². The van der Waals surface area contributed by atoms with E-state index in [1.165, 1.54) is 12.1 Å². The third-order valence-electron chi connectivity index (χ3n) is 5.08. The van der Waals surface area contributed by atoms with E-state index in [0.29, 0.717) is 13.1 Å². The Balaban J connectivity index is 1.55. The average Bonchev–Trinajstić information content (AvgIpc) is 3.27. The summed E-state index contributed by atoms with van der Waals surface area (Å²) in [6.07, 6.45) is 0.424. The number of halogens is 1. The number of carbonyl (C=O) groups is 1. The molecule has 1 saturated heterocycles. The van der Waals surface area contributed by atoms with E-state index in [0.717, 1.165) is 35.5 Å². The fourth-order valence-corrected chi connectivity index (χ4v) is 3.77. The molecule has 1 amide bonds. The first-order valence-corrected chi connectivity index (χ1v) is 10.2. The summed E-state index contributed by atoms with van der Waals surface area (Å²) in [5.74, 6) is 0.610. The van der Waals surface area contributed by atoms with Crippen LogP contribution in [0.3, 0.4) is 0 Å². The molecule has 1 atom stereocenters. The molecule has 2 heterocycles. The van der Waals surface area contributed by atoms with Crippen molar-refractivity contribution >= 4 is 23.1 Å². The highest BCUT2D eigenvalue weighted by Crippen LogP contribution is 2.27. The Bertz CT molecular complexity index is 1040. The molecular weight excluding hydrogens is 383 g/mol. The molecule has 0 aliphatic carbocycles. The van der Waals surface area contributed by atoms with Gasteiger partial charge in [-0.1, -0.05) is 24.3 Å². The normalized spacial score (nSPS) is 16.8. The summed E-state index contributed by atoms with van der Waals surface area (Å²) in [4.78, 5) is 19.2. The van der Waals surface area contributed by atoms with Crippen molar-refractivity contribution in [3.63, 3.8) is 0 Å². The number of fused-ring (bicyclic) bond motifs is 1. The van der Waals surface area contributed by atoms with Gasteiger partial charge in [0.05, 0.1) is 23.6 Å². The van der Waals surface area contributed by atoms with E-state index in [4.69, 9.17) is 9.72 Å². The van der Waals surface area contributed by atoms with Crippen molar-refractivity contribution in [2.45, 2.75) is 45.4 Å². The minimum absolute atomic E-state index is 0.000988. The third-order valence-corrected chi connectivity index (χ3v) is 5.08. The lowest BCUT2D eigenvalue weighted by atomic mass is 10.2. The second-order valence-electron chi connectivity index (χ2n) is 8.69. The highest BCUT2D eigenvalue weighted by Gasteiger charge is 2.29. The molecule has 1 aromatic heterocycles. The van der Waals surface area contributed by atoms with Crippen LogP contribution in [0, 0.1) is 5.82 Å². The van der Waals surface area contributed by atoms with Gasteiger partial charge in [0.25, 0.3) is 0 Å². The van der Waals surface area contributed by atoms with E-state index in [9.17, 15) is 9.18 Å². The summed E-state index contributed by atoms with van der Waals surface area (Å²) in [5, 5.41) is 2.96. The molecule has 1 aliphatic rings. The third kappa shape index (κ3) is 4.56. The minimum Gasteiger partial charge on any atom is -0.444 e. The SMILES string of the molecule is CC(C)(C)OC(=O)N[C@H]1CCN(c2nc3ccccc3n2Cc2ccc(F)cc2)C1. The summed E-state index contributed by atoms with van der Waals surface area (Å²) < 4.78 is 20.9. The molecule has 1 N–H and O–H groups in total. The number of anilines is 1. The topological polar surface area (TPSA) is 59.4 Å². The van der Waals surface area contributed by atoms with Crippen molar-refractivity contribution in [3.05, 3.63) is 59.9 Å². The standard InChI is InChI=1S/C23H27FN4O2/c1-23(2,3)30-22(29)25-18-12-13-27(15-18)21-26-19-6-4-5-7-20(19)28(21)14-16-8-10-17(24)11-9-16/h4-11,18H,12-15H2,1-3H3,(H,25,29)/t18-/m0/s1. The van der Waals surface area contributed by atoms with Crippen LogP contribution in [-0.4, -0.2) is 40.4 Å².